The average Bonchev–Trinajstić information content (AvgIpc) is 2.83. The van der Waals surface area contributed by atoms with Crippen LogP contribution in [0.4, 0.5) is 0 Å². The van der Waals surface area contributed by atoms with Crippen LogP contribution in [0.5, 0.6) is 0 Å². The van der Waals surface area contributed by atoms with Crippen LogP contribution in [-0.2, 0) is 37.9 Å². The quantitative estimate of drug-likeness (QED) is 0.155. The third kappa shape index (κ3) is 31.6. The lowest BCUT2D eigenvalue weighted by Crippen LogP contribution is -2.15. The van der Waals surface area contributed by atoms with E-state index in [9.17, 15) is 0 Å². The van der Waals surface area contributed by atoms with Gasteiger partial charge in [0.15, 0.2) is 0 Å². The molecule has 9 heteroatoms. The van der Waals surface area contributed by atoms with Crippen LogP contribution in [0.3, 0.4) is 0 Å². The topological polar surface area (TPSA) is 99.9 Å². The summed E-state index contributed by atoms with van der Waals surface area (Å²) in [5.74, 6) is 0. The maximum absolute atomic E-state index is 5.57. The first-order valence-corrected chi connectivity index (χ1v) is 12.7. The van der Waals surface area contributed by atoms with Gasteiger partial charge in [0.1, 0.15) is 0 Å². The molecular weight excluding hydrogens is 430 g/mol. The lowest BCUT2D eigenvalue weighted by Gasteiger charge is -2.08. The van der Waals surface area contributed by atoms with E-state index in [1.807, 2.05) is 0 Å². The van der Waals surface area contributed by atoms with E-state index in [4.69, 9.17) is 43.6 Å². The monoisotopic (exact) mass is 481 g/mol. The fourth-order valence-electron chi connectivity index (χ4n) is 2.71. The molecule has 0 aliphatic heterocycles. The Kier molecular flexibility index (Phi) is 31.3. The Bertz CT molecular complexity index is 310. The lowest BCUT2D eigenvalue weighted by molar-refractivity contribution is -0.0230. The molecule has 0 heterocycles. The summed E-state index contributed by atoms with van der Waals surface area (Å²) >= 11 is 0. The minimum Gasteiger partial charge on any atom is -0.379 e. The molecule has 0 aliphatic carbocycles. The standard InChI is InChI=1S/C24H51NO8/c1-2-3-4-5-6-7-9-26-11-13-28-15-17-30-19-21-32-23-24-33-22-20-31-18-16-29-14-12-27-10-8-25/h2-25H2,1H3. The molecule has 0 saturated carbocycles. The molecule has 0 atom stereocenters. The van der Waals surface area contributed by atoms with E-state index >= 15 is 0 Å². The number of nitrogens with two attached hydrogens (primary N) is 1. The van der Waals surface area contributed by atoms with Crippen LogP contribution >= 0.6 is 0 Å². The second-order valence-electron chi connectivity index (χ2n) is 7.46. The maximum Gasteiger partial charge on any atom is 0.0701 e. The van der Waals surface area contributed by atoms with Gasteiger partial charge in [0, 0.05) is 13.2 Å². The molecule has 0 rings (SSSR count). The van der Waals surface area contributed by atoms with Crippen LogP contribution in [0, 0.1) is 0 Å². The minimum absolute atomic E-state index is 0.535. The van der Waals surface area contributed by atoms with Gasteiger partial charge in [-0.3, -0.25) is 0 Å². The van der Waals surface area contributed by atoms with Gasteiger partial charge < -0.3 is 43.6 Å². The molecular formula is C24H51NO8. The Morgan fingerprint density at radius 2 is 0.606 bits per heavy atom. The zero-order valence-electron chi connectivity index (χ0n) is 21.1. The van der Waals surface area contributed by atoms with Crippen LogP contribution in [0.25, 0.3) is 0 Å². The van der Waals surface area contributed by atoms with Crippen molar-refractivity contribution < 1.29 is 37.9 Å². The van der Waals surface area contributed by atoms with Gasteiger partial charge >= 0.3 is 0 Å². The first-order chi connectivity index (χ1) is 16.4. The third-order valence-electron chi connectivity index (χ3n) is 4.51. The molecule has 0 fully saturated rings. The number of hydrogen-bond donors (Lipinski definition) is 1. The fourth-order valence-corrected chi connectivity index (χ4v) is 2.71. The van der Waals surface area contributed by atoms with Gasteiger partial charge in [-0.2, -0.15) is 0 Å². The van der Waals surface area contributed by atoms with Crippen molar-refractivity contribution in [1.29, 1.82) is 0 Å². The molecule has 0 radical (unpaired) electrons. The van der Waals surface area contributed by atoms with Crippen molar-refractivity contribution in [3.63, 3.8) is 0 Å². The molecule has 0 bridgehead atoms. The summed E-state index contributed by atoms with van der Waals surface area (Å²) < 4.78 is 43.4. The summed E-state index contributed by atoms with van der Waals surface area (Å²) in [7, 11) is 0. The Balaban J connectivity index is 2.99. The molecule has 0 aromatic heterocycles. The van der Waals surface area contributed by atoms with Crippen molar-refractivity contribution in [3.8, 4) is 0 Å². The summed E-state index contributed by atoms with van der Waals surface area (Å²) in [6, 6.07) is 0. The molecule has 0 saturated heterocycles. The summed E-state index contributed by atoms with van der Waals surface area (Å²) in [5, 5.41) is 0. The van der Waals surface area contributed by atoms with Crippen molar-refractivity contribution in [2.75, 3.05) is 112 Å². The minimum atomic E-state index is 0.535. The number of hydrogen-bond acceptors (Lipinski definition) is 9. The molecule has 0 aromatic rings. The van der Waals surface area contributed by atoms with E-state index in [0.717, 1.165) is 13.0 Å². The van der Waals surface area contributed by atoms with E-state index in [1.165, 1.54) is 32.1 Å². The predicted octanol–water partition coefficient (Wildman–Crippen LogP) is 2.44. The van der Waals surface area contributed by atoms with Crippen molar-refractivity contribution in [3.05, 3.63) is 0 Å². The van der Waals surface area contributed by atoms with E-state index in [2.05, 4.69) is 6.92 Å². The third-order valence-corrected chi connectivity index (χ3v) is 4.51. The SMILES string of the molecule is CCCCCCCCOCCOCCOCCOCCOCCOCCOCCOCCN. The lowest BCUT2D eigenvalue weighted by atomic mass is 10.1. The molecule has 0 amide bonds. The molecule has 0 spiro atoms. The van der Waals surface area contributed by atoms with Crippen LogP contribution in [0.15, 0.2) is 0 Å². The van der Waals surface area contributed by atoms with Crippen molar-refractivity contribution in [2.24, 2.45) is 5.73 Å². The second-order valence-corrected chi connectivity index (χ2v) is 7.46. The van der Waals surface area contributed by atoms with E-state index in [-0.39, 0.29) is 0 Å². The van der Waals surface area contributed by atoms with Gasteiger partial charge in [-0.1, -0.05) is 39.0 Å². The molecule has 33 heavy (non-hydrogen) atoms. The van der Waals surface area contributed by atoms with E-state index < -0.39 is 0 Å². The van der Waals surface area contributed by atoms with Gasteiger partial charge in [-0.05, 0) is 6.42 Å². The molecule has 0 unspecified atom stereocenters. The molecule has 0 aromatic carbocycles. The molecule has 9 nitrogen and oxygen atoms in total. The van der Waals surface area contributed by atoms with Crippen LogP contribution < -0.4 is 5.73 Å². The number of unbranched alkanes of at least 4 members (excludes halogenated alkanes) is 5. The Morgan fingerprint density at radius 3 is 0.939 bits per heavy atom. The molecule has 2 N–H and O–H groups in total. The summed E-state index contributed by atoms with van der Waals surface area (Å²) in [6.07, 6.45) is 7.72. The Labute approximate surface area is 201 Å². The number of ether oxygens (including phenoxy) is 8. The zero-order valence-corrected chi connectivity index (χ0v) is 21.1. The van der Waals surface area contributed by atoms with Gasteiger partial charge in [0.2, 0.25) is 0 Å². The first kappa shape index (κ1) is 32.6. The van der Waals surface area contributed by atoms with Crippen molar-refractivity contribution in [2.45, 2.75) is 45.4 Å². The van der Waals surface area contributed by atoms with Crippen LogP contribution in [0.1, 0.15) is 45.4 Å². The highest BCUT2D eigenvalue weighted by atomic mass is 16.6. The Hall–Kier alpha value is -0.360. The Morgan fingerprint density at radius 1 is 0.333 bits per heavy atom. The van der Waals surface area contributed by atoms with Crippen molar-refractivity contribution in [1.82, 2.24) is 0 Å². The largest absolute Gasteiger partial charge is 0.379 e. The number of rotatable bonds is 30. The smallest absolute Gasteiger partial charge is 0.0701 e. The van der Waals surface area contributed by atoms with Crippen molar-refractivity contribution >= 4 is 0 Å². The van der Waals surface area contributed by atoms with Gasteiger partial charge in [-0.25, -0.2) is 0 Å². The summed E-state index contributed by atoms with van der Waals surface area (Å²) in [4.78, 5) is 0. The predicted molar refractivity (Wildman–Crippen MR) is 129 cm³/mol. The van der Waals surface area contributed by atoms with Crippen LogP contribution in [-0.4, -0.2) is 112 Å². The highest BCUT2D eigenvalue weighted by Gasteiger charge is 1.95. The molecule has 0 aliphatic rings. The zero-order chi connectivity index (χ0) is 23.9. The highest BCUT2D eigenvalue weighted by molar-refractivity contribution is 4.43. The summed E-state index contributed by atoms with van der Waals surface area (Å²) in [5.41, 5.74) is 5.32. The van der Waals surface area contributed by atoms with Gasteiger partial charge in [-0.15, -0.1) is 0 Å². The fraction of sp³-hybridized carbons (Fsp3) is 1.00. The van der Waals surface area contributed by atoms with E-state index in [0.29, 0.717) is 106 Å². The molecule has 200 valence electrons. The second kappa shape index (κ2) is 31.6. The van der Waals surface area contributed by atoms with E-state index in [1.54, 1.807) is 0 Å². The first-order valence-electron chi connectivity index (χ1n) is 12.7. The van der Waals surface area contributed by atoms with Crippen LogP contribution in [0.2, 0.25) is 0 Å². The van der Waals surface area contributed by atoms with Gasteiger partial charge in [0.25, 0.3) is 0 Å². The maximum atomic E-state index is 5.57. The normalized spacial score (nSPS) is 11.5. The van der Waals surface area contributed by atoms with Gasteiger partial charge in [0.05, 0.1) is 99.1 Å². The average molecular weight is 482 g/mol. The summed E-state index contributed by atoms with van der Waals surface area (Å²) in [6.45, 7) is 12.1. The highest BCUT2D eigenvalue weighted by Crippen LogP contribution is 2.04.